The molecule has 2 rings (SSSR count). The van der Waals surface area contributed by atoms with Crippen LogP contribution in [-0.4, -0.2) is 11.1 Å². The number of aliphatic hydroxyl groups is 1. The first-order valence-electron chi connectivity index (χ1n) is 6.82. The molecule has 3 N–H and O–H groups in total. The van der Waals surface area contributed by atoms with Gasteiger partial charge in [0.1, 0.15) is 11.9 Å². The molecule has 1 heterocycles. The summed E-state index contributed by atoms with van der Waals surface area (Å²) in [5.41, 5.74) is 8.22. The van der Waals surface area contributed by atoms with E-state index in [2.05, 4.69) is 25.3 Å². The van der Waals surface area contributed by atoms with Crippen molar-refractivity contribution in [2.45, 2.75) is 39.0 Å². The van der Waals surface area contributed by atoms with E-state index in [0.717, 1.165) is 16.9 Å². The molecule has 108 valence electrons. The summed E-state index contributed by atoms with van der Waals surface area (Å²) in [6, 6.07) is 9.55. The Morgan fingerprint density at radius 3 is 2.65 bits per heavy atom. The van der Waals surface area contributed by atoms with E-state index in [1.165, 1.54) is 5.56 Å². The number of rotatable bonds is 6. The van der Waals surface area contributed by atoms with Crippen LogP contribution >= 0.6 is 11.3 Å². The maximum atomic E-state index is 9.40. The molecule has 0 saturated carbocycles. The minimum atomic E-state index is -0.173. The van der Waals surface area contributed by atoms with Crippen LogP contribution in [0.2, 0.25) is 0 Å². The molecule has 0 amide bonds. The smallest absolute Gasteiger partial charge is 0.148 e. The molecule has 0 saturated heterocycles. The molecule has 0 aliphatic rings. The molecule has 20 heavy (non-hydrogen) atoms. The SMILES string of the molecule is CCC(N)C(Oc1ccccc1CO)c1sccc1C. The average Bonchev–Trinajstić information content (AvgIpc) is 2.90. The molecule has 3 nitrogen and oxygen atoms in total. The second kappa shape index (κ2) is 6.88. The van der Waals surface area contributed by atoms with Crippen LogP contribution in [0.4, 0.5) is 0 Å². The fourth-order valence-corrected chi connectivity index (χ4v) is 3.14. The van der Waals surface area contributed by atoms with Crippen molar-refractivity contribution in [2.24, 2.45) is 5.73 Å². The standard InChI is InChI=1S/C16H21NO2S/c1-3-13(17)15(16-11(2)8-9-20-16)19-14-7-5-4-6-12(14)10-18/h4-9,13,15,18H,3,10,17H2,1-2H3. The first-order chi connectivity index (χ1) is 9.67. The number of benzene rings is 1. The van der Waals surface area contributed by atoms with E-state index in [-0.39, 0.29) is 18.8 Å². The van der Waals surface area contributed by atoms with Crippen LogP contribution < -0.4 is 10.5 Å². The van der Waals surface area contributed by atoms with Gasteiger partial charge in [0.25, 0.3) is 0 Å². The second-order valence-electron chi connectivity index (χ2n) is 4.84. The molecule has 0 radical (unpaired) electrons. The summed E-state index contributed by atoms with van der Waals surface area (Å²) in [7, 11) is 0. The van der Waals surface area contributed by atoms with Crippen molar-refractivity contribution in [2.75, 3.05) is 0 Å². The third-order valence-electron chi connectivity index (χ3n) is 3.42. The van der Waals surface area contributed by atoms with E-state index in [9.17, 15) is 5.11 Å². The van der Waals surface area contributed by atoms with E-state index in [4.69, 9.17) is 10.5 Å². The lowest BCUT2D eigenvalue weighted by atomic mass is 10.0. The van der Waals surface area contributed by atoms with Gasteiger partial charge in [-0.25, -0.2) is 0 Å². The molecule has 4 heteroatoms. The molecule has 1 aromatic heterocycles. The number of hydrogen-bond acceptors (Lipinski definition) is 4. The van der Waals surface area contributed by atoms with Crippen LogP contribution in [0.5, 0.6) is 5.75 Å². The lowest BCUT2D eigenvalue weighted by Gasteiger charge is -2.25. The van der Waals surface area contributed by atoms with Gasteiger partial charge in [-0.15, -0.1) is 11.3 Å². The van der Waals surface area contributed by atoms with Crippen LogP contribution in [-0.2, 0) is 6.61 Å². The van der Waals surface area contributed by atoms with Crippen LogP contribution in [0, 0.1) is 6.92 Å². The fraction of sp³-hybridized carbons (Fsp3) is 0.375. The lowest BCUT2D eigenvalue weighted by molar-refractivity contribution is 0.167. The Bertz CT molecular complexity index is 553. The molecule has 0 bridgehead atoms. The van der Waals surface area contributed by atoms with Gasteiger partial charge in [0, 0.05) is 16.5 Å². The van der Waals surface area contributed by atoms with E-state index in [0.29, 0.717) is 5.75 Å². The fourth-order valence-electron chi connectivity index (χ4n) is 2.11. The van der Waals surface area contributed by atoms with Gasteiger partial charge in [0.2, 0.25) is 0 Å². The molecule has 1 aromatic carbocycles. The number of nitrogens with two attached hydrogens (primary N) is 1. The maximum absolute atomic E-state index is 9.40. The largest absolute Gasteiger partial charge is 0.483 e. The Balaban J connectivity index is 2.31. The number of para-hydroxylation sites is 1. The quantitative estimate of drug-likeness (QED) is 0.857. The van der Waals surface area contributed by atoms with Crippen LogP contribution in [0.25, 0.3) is 0 Å². The minimum Gasteiger partial charge on any atom is -0.483 e. The Morgan fingerprint density at radius 1 is 1.30 bits per heavy atom. The van der Waals surface area contributed by atoms with Crippen LogP contribution in [0.1, 0.15) is 35.5 Å². The van der Waals surface area contributed by atoms with Gasteiger partial charge in [-0.05, 0) is 36.4 Å². The predicted octanol–water partition coefficient (Wildman–Crippen LogP) is 3.41. The maximum Gasteiger partial charge on any atom is 0.148 e. The molecule has 0 aliphatic carbocycles. The normalized spacial score (nSPS) is 14.0. The highest BCUT2D eigenvalue weighted by atomic mass is 32.1. The third-order valence-corrected chi connectivity index (χ3v) is 4.50. The van der Waals surface area contributed by atoms with Gasteiger partial charge in [0.15, 0.2) is 0 Å². The van der Waals surface area contributed by atoms with Crippen molar-refractivity contribution in [1.29, 1.82) is 0 Å². The second-order valence-corrected chi connectivity index (χ2v) is 5.79. The number of hydrogen-bond donors (Lipinski definition) is 2. The van der Waals surface area contributed by atoms with Crippen molar-refractivity contribution < 1.29 is 9.84 Å². The number of thiophene rings is 1. The zero-order valence-electron chi connectivity index (χ0n) is 11.9. The number of aryl methyl sites for hydroxylation is 1. The molecular formula is C16H21NO2S. The van der Waals surface area contributed by atoms with Gasteiger partial charge in [-0.2, -0.15) is 0 Å². The molecule has 2 atom stereocenters. The van der Waals surface area contributed by atoms with Crippen LogP contribution in [0.15, 0.2) is 35.7 Å². The Hall–Kier alpha value is -1.36. The van der Waals surface area contributed by atoms with Gasteiger partial charge >= 0.3 is 0 Å². The molecule has 2 unspecified atom stereocenters. The summed E-state index contributed by atoms with van der Waals surface area (Å²) in [4.78, 5) is 1.16. The molecule has 0 aliphatic heterocycles. The summed E-state index contributed by atoms with van der Waals surface area (Å²) in [6.45, 7) is 4.10. The molecular weight excluding hydrogens is 270 g/mol. The van der Waals surface area contributed by atoms with Crippen molar-refractivity contribution in [3.63, 3.8) is 0 Å². The van der Waals surface area contributed by atoms with E-state index < -0.39 is 0 Å². The van der Waals surface area contributed by atoms with Crippen LogP contribution in [0.3, 0.4) is 0 Å². The van der Waals surface area contributed by atoms with Crippen molar-refractivity contribution >= 4 is 11.3 Å². The highest BCUT2D eigenvalue weighted by Crippen LogP contribution is 2.32. The molecule has 0 spiro atoms. The minimum absolute atomic E-state index is 0.0340. The first-order valence-corrected chi connectivity index (χ1v) is 7.70. The number of ether oxygens (including phenoxy) is 1. The third kappa shape index (κ3) is 3.20. The van der Waals surface area contributed by atoms with E-state index >= 15 is 0 Å². The number of aliphatic hydroxyl groups excluding tert-OH is 1. The Kier molecular flexibility index (Phi) is 5.17. The van der Waals surface area contributed by atoms with Crippen molar-refractivity contribution in [3.05, 3.63) is 51.7 Å². The van der Waals surface area contributed by atoms with Gasteiger partial charge in [-0.3, -0.25) is 0 Å². The van der Waals surface area contributed by atoms with E-state index in [1.807, 2.05) is 24.3 Å². The molecule has 2 aromatic rings. The monoisotopic (exact) mass is 291 g/mol. The van der Waals surface area contributed by atoms with Crippen molar-refractivity contribution in [1.82, 2.24) is 0 Å². The summed E-state index contributed by atoms with van der Waals surface area (Å²) in [6.07, 6.45) is 0.663. The lowest BCUT2D eigenvalue weighted by Crippen LogP contribution is -2.31. The summed E-state index contributed by atoms with van der Waals surface area (Å²) in [5.74, 6) is 0.705. The van der Waals surface area contributed by atoms with Gasteiger partial charge < -0.3 is 15.6 Å². The Labute approximate surface area is 124 Å². The zero-order valence-corrected chi connectivity index (χ0v) is 12.7. The average molecular weight is 291 g/mol. The topological polar surface area (TPSA) is 55.5 Å². The zero-order chi connectivity index (χ0) is 14.5. The predicted molar refractivity (Wildman–Crippen MR) is 83.1 cm³/mol. The highest BCUT2D eigenvalue weighted by Gasteiger charge is 2.24. The Morgan fingerprint density at radius 2 is 2.05 bits per heavy atom. The summed E-state index contributed by atoms with van der Waals surface area (Å²) in [5, 5.41) is 11.5. The highest BCUT2D eigenvalue weighted by molar-refractivity contribution is 7.10. The van der Waals surface area contributed by atoms with Crippen molar-refractivity contribution in [3.8, 4) is 5.75 Å². The van der Waals surface area contributed by atoms with Gasteiger partial charge in [0.05, 0.1) is 6.61 Å². The van der Waals surface area contributed by atoms with Gasteiger partial charge in [-0.1, -0.05) is 25.1 Å². The summed E-state index contributed by atoms with van der Waals surface area (Å²) < 4.78 is 6.14. The van der Waals surface area contributed by atoms with E-state index in [1.54, 1.807) is 11.3 Å². The first kappa shape index (κ1) is 15.0. The molecule has 0 fully saturated rings. The summed E-state index contributed by atoms with van der Waals surface area (Å²) >= 11 is 1.67.